The molecule has 1 aromatic carbocycles. The van der Waals surface area contributed by atoms with Crippen molar-refractivity contribution in [3.8, 4) is 6.07 Å². The first kappa shape index (κ1) is 16.0. The molecule has 0 spiro atoms. The summed E-state index contributed by atoms with van der Waals surface area (Å²) in [6, 6.07) is 8.75. The van der Waals surface area contributed by atoms with Crippen LogP contribution in [0, 0.1) is 17.2 Å². The Kier molecular flexibility index (Phi) is 5.38. The minimum absolute atomic E-state index is 0.308. The maximum absolute atomic E-state index is 12.7. The largest absolute Gasteiger partial charge is 0.243 e. The molecule has 0 saturated carbocycles. The lowest BCUT2D eigenvalue weighted by molar-refractivity contribution is 0.407. The molecule has 0 aromatic heterocycles. The number of rotatable bonds is 4. The van der Waals surface area contributed by atoms with Crippen molar-refractivity contribution in [3.63, 3.8) is 0 Å². The monoisotopic (exact) mass is 306 g/mol. The standard InChI is InChI=1S/C16H22N2O2S/c1-2-14-4-3-12-18(13-10-14)21(19,20)16-7-5-15(6-8-16)9-11-17/h5-8,14H,2-4,9-10,12-13H2,1H3. The fraction of sp³-hybridized carbons (Fsp3) is 0.562. The zero-order chi connectivity index (χ0) is 15.3. The molecule has 0 amide bonds. The zero-order valence-electron chi connectivity index (χ0n) is 12.5. The second kappa shape index (κ2) is 7.06. The van der Waals surface area contributed by atoms with Gasteiger partial charge in [0.15, 0.2) is 0 Å². The third-order valence-electron chi connectivity index (χ3n) is 4.23. The van der Waals surface area contributed by atoms with E-state index in [1.165, 1.54) is 0 Å². The van der Waals surface area contributed by atoms with Crippen LogP contribution in [0.3, 0.4) is 0 Å². The highest BCUT2D eigenvalue weighted by Crippen LogP contribution is 2.25. The van der Waals surface area contributed by atoms with E-state index in [9.17, 15) is 8.42 Å². The lowest BCUT2D eigenvalue weighted by Gasteiger charge is -2.20. The van der Waals surface area contributed by atoms with Gasteiger partial charge in [-0.3, -0.25) is 0 Å². The highest BCUT2D eigenvalue weighted by atomic mass is 32.2. The Morgan fingerprint density at radius 3 is 2.57 bits per heavy atom. The van der Waals surface area contributed by atoms with Crippen LogP contribution in [0.15, 0.2) is 29.2 Å². The van der Waals surface area contributed by atoms with Gasteiger partial charge in [0.2, 0.25) is 10.0 Å². The van der Waals surface area contributed by atoms with Gasteiger partial charge in [-0.25, -0.2) is 8.42 Å². The molecule has 1 atom stereocenters. The van der Waals surface area contributed by atoms with Crippen LogP contribution in [0.2, 0.25) is 0 Å². The lowest BCUT2D eigenvalue weighted by Crippen LogP contribution is -2.32. The molecule has 2 rings (SSSR count). The van der Waals surface area contributed by atoms with Gasteiger partial charge in [-0.1, -0.05) is 25.5 Å². The third kappa shape index (κ3) is 3.84. The van der Waals surface area contributed by atoms with Crippen LogP contribution >= 0.6 is 0 Å². The minimum atomic E-state index is -3.40. The molecule has 4 nitrogen and oxygen atoms in total. The number of nitriles is 1. The summed E-state index contributed by atoms with van der Waals surface area (Å²) in [4.78, 5) is 0.333. The van der Waals surface area contributed by atoms with Crippen molar-refractivity contribution < 1.29 is 8.42 Å². The summed E-state index contributed by atoms with van der Waals surface area (Å²) in [6.45, 7) is 3.39. The summed E-state index contributed by atoms with van der Waals surface area (Å²) in [5.74, 6) is 0.642. The molecule has 1 heterocycles. The molecule has 0 aliphatic carbocycles. The van der Waals surface area contributed by atoms with Crippen LogP contribution in [0.5, 0.6) is 0 Å². The molecule has 0 bridgehead atoms. The highest BCUT2D eigenvalue weighted by Gasteiger charge is 2.26. The van der Waals surface area contributed by atoms with Gasteiger partial charge in [0.1, 0.15) is 0 Å². The Balaban J connectivity index is 2.15. The molecule has 1 aliphatic heterocycles. The second-order valence-corrected chi connectivity index (χ2v) is 7.53. The molecular formula is C16H22N2O2S. The van der Waals surface area contributed by atoms with Crippen molar-refractivity contribution >= 4 is 10.0 Å². The number of sulfonamides is 1. The Morgan fingerprint density at radius 2 is 1.95 bits per heavy atom. The first-order chi connectivity index (χ1) is 10.1. The number of nitrogens with zero attached hydrogens (tertiary/aromatic N) is 2. The van der Waals surface area contributed by atoms with Crippen LogP contribution in [0.1, 0.15) is 38.2 Å². The van der Waals surface area contributed by atoms with E-state index in [4.69, 9.17) is 5.26 Å². The molecule has 1 unspecified atom stereocenters. The Morgan fingerprint density at radius 1 is 1.24 bits per heavy atom. The van der Waals surface area contributed by atoms with Crippen LogP contribution < -0.4 is 0 Å². The molecule has 114 valence electrons. The fourth-order valence-corrected chi connectivity index (χ4v) is 4.30. The SMILES string of the molecule is CCC1CCCN(S(=O)(=O)c2ccc(CC#N)cc2)CC1. The van der Waals surface area contributed by atoms with E-state index in [2.05, 4.69) is 13.0 Å². The number of hydrogen-bond acceptors (Lipinski definition) is 3. The van der Waals surface area contributed by atoms with Crippen LogP contribution in [-0.2, 0) is 16.4 Å². The maximum Gasteiger partial charge on any atom is 0.243 e. The Labute approximate surface area is 127 Å². The van der Waals surface area contributed by atoms with E-state index in [1.807, 2.05) is 0 Å². The van der Waals surface area contributed by atoms with Gasteiger partial charge < -0.3 is 0 Å². The van der Waals surface area contributed by atoms with Crippen molar-refractivity contribution in [2.24, 2.45) is 5.92 Å². The molecule has 1 aromatic rings. The van der Waals surface area contributed by atoms with Gasteiger partial charge >= 0.3 is 0 Å². The summed E-state index contributed by atoms with van der Waals surface area (Å²) in [5.41, 5.74) is 0.846. The average molecular weight is 306 g/mol. The first-order valence-corrected chi connectivity index (χ1v) is 8.98. The highest BCUT2D eigenvalue weighted by molar-refractivity contribution is 7.89. The van der Waals surface area contributed by atoms with Crippen molar-refractivity contribution in [1.82, 2.24) is 4.31 Å². The number of benzene rings is 1. The summed E-state index contributed by atoms with van der Waals surface area (Å²) in [6.07, 6.45) is 4.43. The molecule has 0 N–H and O–H groups in total. The summed E-state index contributed by atoms with van der Waals surface area (Å²) in [7, 11) is -3.40. The van der Waals surface area contributed by atoms with E-state index < -0.39 is 10.0 Å². The summed E-state index contributed by atoms with van der Waals surface area (Å²) in [5, 5.41) is 8.66. The van der Waals surface area contributed by atoms with Gasteiger partial charge in [-0.05, 0) is 42.9 Å². The third-order valence-corrected chi connectivity index (χ3v) is 6.14. The zero-order valence-corrected chi connectivity index (χ0v) is 13.3. The molecule has 1 aliphatic rings. The predicted octanol–water partition coefficient (Wildman–Crippen LogP) is 2.95. The van der Waals surface area contributed by atoms with Crippen LogP contribution in [0.25, 0.3) is 0 Å². The van der Waals surface area contributed by atoms with Crippen LogP contribution in [-0.4, -0.2) is 25.8 Å². The lowest BCUT2D eigenvalue weighted by atomic mass is 9.98. The van der Waals surface area contributed by atoms with Gasteiger partial charge in [0.05, 0.1) is 17.4 Å². The Hall–Kier alpha value is -1.38. The van der Waals surface area contributed by atoms with Crippen LogP contribution in [0.4, 0.5) is 0 Å². The van der Waals surface area contributed by atoms with Crippen molar-refractivity contribution in [1.29, 1.82) is 5.26 Å². The fourth-order valence-electron chi connectivity index (χ4n) is 2.81. The van der Waals surface area contributed by atoms with Crippen molar-refractivity contribution in [3.05, 3.63) is 29.8 Å². The van der Waals surface area contributed by atoms with Crippen molar-refractivity contribution in [2.45, 2.75) is 43.9 Å². The normalized spacial score (nSPS) is 20.7. The molecule has 5 heteroatoms. The van der Waals surface area contributed by atoms with E-state index in [-0.39, 0.29) is 0 Å². The van der Waals surface area contributed by atoms with Crippen molar-refractivity contribution in [2.75, 3.05) is 13.1 Å². The van der Waals surface area contributed by atoms with Gasteiger partial charge in [-0.15, -0.1) is 0 Å². The molecule has 1 fully saturated rings. The van der Waals surface area contributed by atoms with E-state index >= 15 is 0 Å². The summed E-state index contributed by atoms with van der Waals surface area (Å²) >= 11 is 0. The van der Waals surface area contributed by atoms with Gasteiger partial charge in [0.25, 0.3) is 0 Å². The first-order valence-electron chi connectivity index (χ1n) is 7.54. The van der Waals surface area contributed by atoms with Gasteiger partial charge in [-0.2, -0.15) is 9.57 Å². The molecule has 1 saturated heterocycles. The molecular weight excluding hydrogens is 284 g/mol. The maximum atomic E-state index is 12.7. The van der Waals surface area contributed by atoms with E-state index in [0.29, 0.717) is 30.3 Å². The van der Waals surface area contributed by atoms with E-state index in [0.717, 1.165) is 31.2 Å². The molecule has 21 heavy (non-hydrogen) atoms. The minimum Gasteiger partial charge on any atom is -0.207 e. The topological polar surface area (TPSA) is 61.2 Å². The average Bonchev–Trinajstić information content (AvgIpc) is 2.74. The Bertz CT molecular complexity index is 602. The summed E-state index contributed by atoms with van der Waals surface area (Å²) < 4.78 is 26.9. The van der Waals surface area contributed by atoms with Gasteiger partial charge in [0, 0.05) is 13.1 Å². The van der Waals surface area contributed by atoms with E-state index in [1.54, 1.807) is 28.6 Å². The predicted molar refractivity (Wildman–Crippen MR) is 82.1 cm³/mol. The smallest absolute Gasteiger partial charge is 0.207 e. The second-order valence-electron chi connectivity index (χ2n) is 5.59. The number of hydrogen-bond donors (Lipinski definition) is 0. The molecule has 0 radical (unpaired) electrons. The quantitative estimate of drug-likeness (QED) is 0.859.